The van der Waals surface area contributed by atoms with Crippen molar-refractivity contribution in [3.63, 3.8) is 0 Å². The molecule has 2 aromatic carbocycles. The Morgan fingerprint density at radius 1 is 0.974 bits per heavy atom. The number of piperazine rings is 1. The number of aryl methyl sites for hydroxylation is 1. The zero-order valence-corrected chi connectivity index (χ0v) is 23.4. The summed E-state index contributed by atoms with van der Waals surface area (Å²) in [6, 6.07) is 16.2. The van der Waals surface area contributed by atoms with Crippen LogP contribution >= 0.6 is 0 Å². The van der Waals surface area contributed by atoms with Crippen LogP contribution in [0.5, 0.6) is 0 Å². The second-order valence-electron chi connectivity index (χ2n) is 11.4. The minimum absolute atomic E-state index is 0.0937. The zero-order valence-electron chi connectivity index (χ0n) is 23.4. The molecule has 2 unspecified atom stereocenters. The fraction of sp³-hybridized carbons (Fsp3) is 0.500. The molecule has 0 radical (unpaired) electrons. The molecule has 0 spiro atoms. The summed E-state index contributed by atoms with van der Waals surface area (Å²) in [6.07, 6.45) is 8.64. The average molecular weight is 530 g/mol. The second kappa shape index (κ2) is 12.8. The predicted molar refractivity (Wildman–Crippen MR) is 157 cm³/mol. The number of benzene rings is 2. The lowest BCUT2D eigenvalue weighted by Gasteiger charge is -2.40. The zero-order chi connectivity index (χ0) is 27.2. The number of fused-ring (bicyclic) bond motifs is 1. The standard InChI is InChI=1S/C32H43N5O2/c1-23-10-6-7-11-25(23)20-34-32(39)31(24(2)28-21-33-29-15-9-8-14-27(28)29)35-30(38)22-36-16-18-37(19-17-36)26-12-4-3-5-13-26/h6-11,14-15,21,24,26,31,33H,3-5,12-13,16-20,22H2,1-2H3,(H,34,39)(H,35,38). The average Bonchev–Trinajstić information content (AvgIpc) is 3.40. The van der Waals surface area contributed by atoms with Crippen molar-refractivity contribution in [1.82, 2.24) is 25.4 Å². The van der Waals surface area contributed by atoms with Gasteiger partial charge in [0.05, 0.1) is 6.54 Å². The van der Waals surface area contributed by atoms with Crippen molar-refractivity contribution >= 4 is 22.7 Å². The van der Waals surface area contributed by atoms with Gasteiger partial charge in [-0.15, -0.1) is 0 Å². The SMILES string of the molecule is Cc1ccccc1CNC(=O)C(NC(=O)CN1CCN(C2CCCCC2)CC1)C(C)c1c[nH]c2ccccc12. The maximum absolute atomic E-state index is 13.6. The molecule has 1 saturated carbocycles. The molecule has 5 rings (SSSR count). The van der Waals surface area contributed by atoms with Gasteiger partial charge in [-0.1, -0.05) is 68.7 Å². The number of hydrogen-bond donors (Lipinski definition) is 3. The van der Waals surface area contributed by atoms with E-state index in [0.29, 0.717) is 19.1 Å². The number of carbonyl (C=O) groups is 2. The third-order valence-electron chi connectivity index (χ3n) is 8.79. The third-order valence-corrected chi connectivity index (χ3v) is 8.79. The number of rotatable bonds is 9. The molecule has 3 N–H and O–H groups in total. The Kier molecular flexibility index (Phi) is 8.99. The molecule has 0 bridgehead atoms. The summed E-state index contributed by atoms with van der Waals surface area (Å²) in [5.74, 6) is -0.458. The minimum atomic E-state index is -0.677. The Balaban J connectivity index is 1.24. The highest BCUT2D eigenvalue weighted by molar-refractivity contribution is 5.91. The van der Waals surface area contributed by atoms with Gasteiger partial charge < -0.3 is 15.6 Å². The lowest BCUT2D eigenvalue weighted by atomic mass is 9.92. The summed E-state index contributed by atoms with van der Waals surface area (Å²) >= 11 is 0. The maximum atomic E-state index is 13.6. The summed E-state index contributed by atoms with van der Waals surface area (Å²) in [5, 5.41) is 7.30. The fourth-order valence-electron chi connectivity index (χ4n) is 6.32. The fourth-order valence-corrected chi connectivity index (χ4v) is 6.32. The van der Waals surface area contributed by atoms with Crippen LogP contribution in [0.3, 0.4) is 0 Å². The molecule has 2 heterocycles. The number of H-pyrrole nitrogens is 1. The van der Waals surface area contributed by atoms with E-state index in [0.717, 1.165) is 53.8 Å². The van der Waals surface area contributed by atoms with Gasteiger partial charge in [-0.2, -0.15) is 0 Å². The van der Waals surface area contributed by atoms with E-state index in [-0.39, 0.29) is 17.7 Å². The van der Waals surface area contributed by atoms with Gasteiger partial charge in [0.1, 0.15) is 6.04 Å². The lowest BCUT2D eigenvalue weighted by molar-refractivity contribution is -0.130. The van der Waals surface area contributed by atoms with Gasteiger partial charge in [0, 0.05) is 61.8 Å². The highest BCUT2D eigenvalue weighted by Gasteiger charge is 2.31. The molecular formula is C32H43N5O2. The number of nitrogens with zero attached hydrogens (tertiary/aromatic N) is 2. The highest BCUT2D eigenvalue weighted by Crippen LogP contribution is 2.28. The first-order valence-corrected chi connectivity index (χ1v) is 14.6. The van der Waals surface area contributed by atoms with Crippen molar-refractivity contribution in [2.75, 3.05) is 32.7 Å². The van der Waals surface area contributed by atoms with E-state index in [1.807, 2.05) is 62.5 Å². The second-order valence-corrected chi connectivity index (χ2v) is 11.4. The molecule has 1 saturated heterocycles. The van der Waals surface area contributed by atoms with Crippen molar-refractivity contribution in [3.8, 4) is 0 Å². The summed E-state index contributed by atoms with van der Waals surface area (Å²) in [5.41, 5.74) is 4.27. The quantitative estimate of drug-likeness (QED) is 0.386. The van der Waals surface area contributed by atoms with Gasteiger partial charge in [0.15, 0.2) is 0 Å². The van der Waals surface area contributed by atoms with Crippen LogP contribution in [0.25, 0.3) is 10.9 Å². The molecule has 3 aromatic rings. The number of aromatic amines is 1. The molecule has 2 amide bonds. The van der Waals surface area contributed by atoms with Crippen LogP contribution in [0.2, 0.25) is 0 Å². The Hall–Kier alpha value is -3.16. The molecular weight excluding hydrogens is 486 g/mol. The van der Waals surface area contributed by atoms with Gasteiger partial charge >= 0.3 is 0 Å². The smallest absolute Gasteiger partial charge is 0.243 e. The van der Waals surface area contributed by atoms with Crippen molar-refractivity contribution in [2.45, 2.75) is 70.5 Å². The third kappa shape index (κ3) is 6.71. The molecule has 1 aliphatic heterocycles. The summed E-state index contributed by atoms with van der Waals surface area (Å²) in [6.45, 7) is 8.65. The van der Waals surface area contributed by atoms with Gasteiger partial charge in [0.25, 0.3) is 0 Å². The summed E-state index contributed by atoms with van der Waals surface area (Å²) < 4.78 is 0. The number of hydrogen-bond acceptors (Lipinski definition) is 4. The van der Waals surface area contributed by atoms with Gasteiger partial charge in [0.2, 0.25) is 11.8 Å². The number of aromatic nitrogens is 1. The number of carbonyl (C=O) groups excluding carboxylic acids is 2. The molecule has 7 nitrogen and oxygen atoms in total. The molecule has 2 atom stereocenters. The van der Waals surface area contributed by atoms with Crippen molar-refractivity contribution < 1.29 is 9.59 Å². The topological polar surface area (TPSA) is 80.5 Å². The van der Waals surface area contributed by atoms with E-state index < -0.39 is 6.04 Å². The number of amides is 2. The van der Waals surface area contributed by atoms with Gasteiger partial charge in [-0.3, -0.25) is 19.4 Å². The van der Waals surface area contributed by atoms with E-state index in [1.54, 1.807) is 0 Å². The van der Waals surface area contributed by atoms with Gasteiger partial charge in [-0.05, 0) is 42.5 Å². The van der Waals surface area contributed by atoms with Gasteiger partial charge in [-0.25, -0.2) is 0 Å². The van der Waals surface area contributed by atoms with Crippen LogP contribution in [0.1, 0.15) is 61.6 Å². The molecule has 1 aromatic heterocycles. The maximum Gasteiger partial charge on any atom is 0.243 e. The van der Waals surface area contributed by atoms with Crippen LogP contribution < -0.4 is 10.6 Å². The van der Waals surface area contributed by atoms with Crippen LogP contribution in [0.15, 0.2) is 54.7 Å². The normalized spacial score (nSPS) is 19.0. The monoisotopic (exact) mass is 529 g/mol. The largest absolute Gasteiger partial charge is 0.361 e. The van der Waals surface area contributed by atoms with Crippen molar-refractivity contribution in [1.29, 1.82) is 0 Å². The first kappa shape index (κ1) is 27.4. The molecule has 39 heavy (non-hydrogen) atoms. The molecule has 208 valence electrons. The predicted octanol–water partition coefficient (Wildman–Crippen LogP) is 4.33. The molecule has 2 aliphatic rings. The molecule has 7 heteroatoms. The van der Waals surface area contributed by atoms with E-state index in [1.165, 1.54) is 32.1 Å². The first-order chi connectivity index (χ1) is 19.0. The highest BCUT2D eigenvalue weighted by atomic mass is 16.2. The Morgan fingerprint density at radius 3 is 2.46 bits per heavy atom. The molecule has 2 fully saturated rings. The number of para-hydroxylation sites is 1. The minimum Gasteiger partial charge on any atom is -0.361 e. The van der Waals surface area contributed by atoms with Crippen LogP contribution in [0.4, 0.5) is 0 Å². The van der Waals surface area contributed by atoms with Crippen LogP contribution in [-0.4, -0.2) is 71.4 Å². The summed E-state index contributed by atoms with van der Waals surface area (Å²) in [7, 11) is 0. The lowest BCUT2D eigenvalue weighted by Crippen LogP contribution is -2.55. The molecule has 1 aliphatic carbocycles. The summed E-state index contributed by atoms with van der Waals surface area (Å²) in [4.78, 5) is 35.1. The van der Waals surface area contributed by atoms with Crippen molar-refractivity contribution in [3.05, 3.63) is 71.4 Å². The van der Waals surface area contributed by atoms with Crippen molar-refractivity contribution in [2.24, 2.45) is 0 Å². The van der Waals surface area contributed by atoms with E-state index in [4.69, 9.17) is 0 Å². The van der Waals surface area contributed by atoms with Crippen LogP contribution in [-0.2, 0) is 16.1 Å². The Morgan fingerprint density at radius 2 is 1.69 bits per heavy atom. The Labute approximate surface area is 232 Å². The van der Waals surface area contributed by atoms with E-state index in [9.17, 15) is 9.59 Å². The van der Waals surface area contributed by atoms with E-state index >= 15 is 0 Å². The van der Waals surface area contributed by atoms with Crippen LogP contribution in [0, 0.1) is 6.92 Å². The Bertz CT molecular complexity index is 1260. The van der Waals surface area contributed by atoms with E-state index in [2.05, 4.69) is 31.5 Å². The first-order valence-electron chi connectivity index (χ1n) is 14.6. The number of nitrogens with one attached hydrogen (secondary N) is 3.